The van der Waals surface area contributed by atoms with Crippen LogP contribution in [0, 0.1) is 5.41 Å². The van der Waals surface area contributed by atoms with Crippen LogP contribution >= 0.6 is 24.0 Å². The van der Waals surface area contributed by atoms with E-state index in [-0.39, 0.29) is 65.1 Å². The first-order valence-electron chi connectivity index (χ1n) is 11.2. The molecule has 0 radical (unpaired) electrons. The van der Waals surface area contributed by atoms with E-state index in [0.29, 0.717) is 12.0 Å². The monoisotopic (exact) mass is 632 g/mol. The molecule has 0 saturated heterocycles. The molecule has 0 fully saturated rings. The number of ether oxygens (including phenoxy) is 2. The predicted octanol–water partition coefficient (Wildman–Crippen LogP) is 3.18. The first-order valence-corrected chi connectivity index (χ1v) is 12.7. The Morgan fingerprint density at radius 1 is 1.11 bits per heavy atom. The van der Waals surface area contributed by atoms with Crippen LogP contribution in [0.4, 0.5) is 5.69 Å². The van der Waals surface area contributed by atoms with Crippen molar-refractivity contribution in [3.8, 4) is 5.75 Å². The molecule has 2 aromatic carbocycles. The molecular formula is C24H33IN4O6S. The highest BCUT2D eigenvalue weighted by molar-refractivity contribution is 14.0. The molecule has 0 heterocycles. The van der Waals surface area contributed by atoms with Crippen LogP contribution in [-0.4, -0.2) is 45.9 Å². The van der Waals surface area contributed by atoms with E-state index in [1.165, 1.54) is 26.2 Å². The van der Waals surface area contributed by atoms with Gasteiger partial charge in [-0.05, 0) is 50.8 Å². The summed E-state index contributed by atoms with van der Waals surface area (Å²) < 4.78 is 38.1. The Hall–Kier alpha value is -2.71. The fourth-order valence-corrected chi connectivity index (χ4v) is 4.71. The van der Waals surface area contributed by atoms with Crippen molar-refractivity contribution in [1.82, 2.24) is 4.72 Å². The summed E-state index contributed by atoms with van der Waals surface area (Å²) in [4.78, 5) is 24.1. The molecule has 12 heteroatoms. The van der Waals surface area contributed by atoms with Crippen LogP contribution in [0.25, 0.3) is 0 Å². The van der Waals surface area contributed by atoms with E-state index in [0.717, 1.165) is 18.4 Å². The maximum absolute atomic E-state index is 12.8. The van der Waals surface area contributed by atoms with Crippen molar-refractivity contribution in [2.75, 3.05) is 19.0 Å². The molecule has 5 N–H and O–H groups in total. The Labute approximate surface area is 228 Å². The average Bonchev–Trinajstić information content (AvgIpc) is 2.81. The van der Waals surface area contributed by atoms with Crippen LogP contribution in [0.1, 0.15) is 44.2 Å². The molecule has 0 spiro atoms. The van der Waals surface area contributed by atoms with Gasteiger partial charge in [-0.1, -0.05) is 30.3 Å². The third kappa shape index (κ3) is 9.06. The molecular weight excluding hydrogens is 599 g/mol. The fraction of sp³-hybridized carbons (Fsp3) is 0.375. The van der Waals surface area contributed by atoms with Crippen LogP contribution < -0.4 is 20.5 Å². The number of benzene rings is 2. The number of carbonyl (C=O) groups excluding carboxylic acids is 2. The number of nitrogens with one attached hydrogen (secondary N) is 3. The van der Waals surface area contributed by atoms with E-state index in [1.54, 1.807) is 25.1 Å². The SMILES string of the molecule is CCOC(=O)[C@H](C)NS(=O)(=O)c1cccc(NC(=O)CCCCc2ccc(C(=N)N)cc2)c1OC.I. The smallest absolute Gasteiger partial charge is 0.323 e. The average molecular weight is 633 g/mol. The van der Waals surface area contributed by atoms with Gasteiger partial charge in [-0.15, -0.1) is 24.0 Å². The number of nitrogen functional groups attached to an aromatic ring is 1. The Morgan fingerprint density at radius 2 is 1.78 bits per heavy atom. The molecule has 1 amide bonds. The number of amidine groups is 1. The second-order valence-corrected chi connectivity index (χ2v) is 9.48. The number of rotatable bonds is 13. The summed E-state index contributed by atoms with van der Waals surface area (Å²) in [5, 5.41) is 10.1. The summed E-state index contributed by atoms with van der Waals surface area (Å²) in [6.07, 6.45) is 2.41. The van der Waals surface area contributed by atoms with Gasteiger partial charge in [0, 0.05) is 12.0 Å². The van der Waals surface area contributed by atoms with E-state index < -0.39 is 22.0 Å². The summed E-state index contributed by atoms with van der Waals surface area (Å²) in [6, 6.07) is 10.6. The molecule has 0 bridgehead atoms. The number of nitrogens with two attached hydrogens (primary N) is 1. The Bertz CT molecular complexity index is 1160. The van der Waals surface area contributed by atoms with Crippen LogP contribution in [0.15, 0.2) is 47.4 Å². The molecule has 36 heavy (non-hydrogen) atoms. The zero-order valence-electron chi connectivity index (χ0n) is 20.5. The molecule has 0 saturated carbocycles. The molecule has 0 aliphatic rings. The van der Waals surface area contributed by atoms with Crippen LogP contribution in [0.3, 0.4) is 0 Å². The number of carbonyl (C=O) groups is 2. The van der Waals surface area contributed by atoms with Gasteiger partial charge in [0.25, 0.3) is 0 Å². The van der Waals surface area contributed by atoms with Crippen molar-refractivity contribution in [2.24, 2.45) is 5.73 Å². The zero-order chi connectivity index (χ0) is 26.0. The number of esters is 1. The van der Waals surface area contributed by atoms with Gasteiger partial charge in [0.1, 0.15) is 16.8 Å². The van der Waals surface area contributed by atoms with E-state index >= 15 is 0 Å². The first kappa shape index (κ1) is 31.3. The van der Waals surface area contributed by atoms with Crippen molar-refractivity contribution in [1.29, 1.82) is 5.41 Å². The lowest BCUT2D eigenvalue weighted by atomic mass is 10.0. The second-order valence-electron chi connectivity index (χ2n) is 7.80. The fourth-order valence-electron chi connectivity index (χ4n) is 3.33. The standard InChI is InChI=1S/C24H32N4O6S.HI/c1-4-34-24(30)16(2)28-35(31,32)20-10-7-9-19(22(20)33-3)27-21(29)11-6-5-8-17-12-14-18(15-13-17)23(25)26;/h7,9-10,12-16,28H,4-6,8,11H2,1-3H3,(H3,25,26)(H,27,29);1H/t16-;/m0./s1. The Morgan fingerprint density at radius 3 is 2.36 bits per heavy atom. The minimum Gasteiger partial charge on any atom is -0.493 e. The number of amides is 1. The van der Waals surface area contributed by atoms with Gasteiger partial charge in [0.15, 0.2) is 5.75 Å². The van der Waals surface area contributed by atoms with E-state index in [4.69, 9.17) is 20.6 Å². The number of hydrogen-bond acceptors (Lipinski definition) is 7. The zero-order valence-corrected chi connectivity index (χ0v) is 23.6. The van der Waals surface area contributed by atoms with Crippen molar-refractivity contribution in [3.63, 3.8) is 0 Å². The minimum absolute atomic E-state index is 0. The van der Waals surface area contributed by atoms with Crippen LogP contribution in [0.5, 0.6) is 5.75 Å². The Kier molecular flexibility index (Phi) is 12.8. The highest BCUT2D eigenvalue weighted by Gasteiger charge is 2.27. The van der Waals surface area contributed by atoms with Gasteiger partial charge in [-0.25, -0.2) is 8.42 Å². The van der Waals surface area contributed by atoms with Gasteiger partial charge in [-0.2, -0.15) is 4.72 Å². The summed E-state index contributed by atoms with van der Waals surface area (Å²) in [5.74, 6) is -0.994. The van der Waals surface area contributed by atoms with Crippen LogP contribution in [-0.2, 0) is 30.8 Å². The number of methoxy groups -OCH3 is 1. The normalized spacial score (nSPS) is 11.6. The number of halogens is 1. The topological polar surface area (TPSA) is 161 Å². The summed E-state index contributed by atoms with van der Waals surface area (Å²) in [7, 11) is -2.83. The third-order valence-electron chi connectivity index (χ3n) is 5.10. The van der Waals surface area contributed by atoms with Crippen molar-refractivity contribution in [3.05, 3.63) is 53.6 Å². The lowest BCUT2D eigenvalue weighted by Gasteiger charge is -2.17. The van der Waals surface area contributed by atoms with Crippen molar-refractivity contribution < 1.29 is 27.5 Å². The lowest BCUT2D eigenvalue weighted by Crippen LogP contribution is -2.39. The first-order chi connectivity index (χ1) is 16.6. The third-order valence-corrected chi connectivity index (χ3v) is 6.67. The minimum atomic E-state index is -4.13. The molecule has 198 valence electrons. The van der Waals surface area contributed by atoms with Gasteiger partial charge in [0.2, 0.25) is 15.9 Å². The maximum Gasteiger partial charge on any atom is 0.323 e. The van der Waals surface area contributed by atoms with E-state index in [2.05, 4.69) is 10.0 Å². The van der Waals surface area contributed by atoms with Crippen molar-refractivity contribution in [2.45, 2.75) is 50.5 Å². The molecule has 0 unspecified atom stereocenters. The number of aryl methyl sites for hydroxylation is 1. The van der Waals surface area contributed by atoms with E-state index in [1.807, 2.05) is 12.1 Å². The number of anilines is 1. The quantitative estimate of drug-likeness (QED) is 0.0868. The van der Waals surface area contributed by atoms with Gasteiger partial charge >= 0.3 is 5.97 Å². The predicted molar refractivity (Wildman–Crippen MR) is 148 cm³/mol. The van der Waals surface area contributed by atoms with Gasteiger partial charge in [-0.3, -0.25) is 15.0 Å². The second kappa shape index (κ2) is 14.8. The number of unbranched alkanes of at least 4 members (excludes halogenated alkanes) is 1. The summed E-state index contributed by atoms with van der Waals surface area (Å²) in [6.45, 7) is 3.13. The molecule has 1 atom stereocenters. The van der Waals surface area contributed by atoms with Gasteiger partial charge in [0.05, 0.1) is 19.4 Å². The number of hydrogen-bond donors (Lipinski definition) is 4. The molecule has 2 rings (SSSR count). The van der Waals surface area contributed by atoms with E-state index in [9.17, 15) is 18.0 Å². The van der Waals surface area contributed by atoms with Crippen molar-refractivity contribution >= 4 is 57.4 Å². The maximum atomic E-state index is 12.8. The van der Waals surface area contributed by atoms with Gasteiger partial charge < -0.3 is 20.5 Å². The molecule has 10 nitrogen and oxygen atoms in total. The van der Waals surface area contributed by atoms with Crippen LogP contribution in [0.2, 0.25) is 0 Å². The molecule has 0 aliphatic heterocycles. The molecule has 0 aliphatic carbocycles. The molecule has 2 aromatic rings. The number of sulfonamides is 1. The summed E-state index contributed by atoms with van der Waals surface area (Å²) >= 11 is 0. The highest BCUT2D eigenvalue weighted by atomic mass is 127. The molecule has 0 aromatic heterocycles. The number of para-hydroxylation sites is 1. The lowest BCUT2D eigenvalue weighted by molar-refractivity contribution is -0.144. The Balaban J connectivity index is 0.00000648. The highest BCUT2D eigenvalue weighted by Crippen LogP contribution is 2.32. The largest absolute Gasteiger partial charge is 0.493 e. The summed E-state index contributed by atoms with van der Waals surface area (Å²) in [5.41, 5.74) is 7.41.